The van der Waals surface area contributed by atoms with Crippen molar-refractivity contribution in [2.45, 2.75) is 116 Å². The first-order valence-corrected chi connectivity index (χ1v) is 16.3. The fraction of sp³-hybridized carbons (Fsp3) is 0.781. The van der Waals surface area contributed by atoms with Gasteiger partial charge in [-0.15, -0.1) is 0 Å². The highest BCUT2D eigenvalue weighted by atomic mass is 16.2. The zero-order chi connectivity index (χ0) is 27.9. The number of hydrogen-bond donors (Lipinski definition) is 1. The summed E-state index contributed by atoms with van der Waals surface area (Å²) in [7, 11) is 0. The lowest BCUT2D eigenvalue weighted by Gasteiger charge is -2.47. The second-order valence-electron chi connectivity index (χ2n) is 13.6. The number of rotatable bonds is 4. The van der Waals surface area contributed by atoms with E-state index in [4.69, 9.17) is 15.8 Å². The Kier molecular flexibility index (Phi) is 8.10. The van der Waals surface area contributed by atoms with Crippen molar-refractivity contribution in [3.63, 3.8) is 0 Å². The normalized spacial score (nSPS) is 32.5. The number of fused-ring (bicyclic) bond motifs is 2. The summed E-state index contributed by atoms with van der Waals surface area (Å²) in [6.45, 7) is 11.5. The van der Waals surface area contributed by atoms with Crippen LogP contribution in [0, 0.1) is 18.3 Å². The van der Waals surface area contributed by atoms with E-state index >= 15 is 0 Å². The third-order valence-corrected chi connectivity index (χ3v) is 10.8. The van der Waals surface area contributed by atoms with Crippen molar-refractivity contribution >= 4 is 17.4 Å². The van der Waals surface area contributed by atoms with E-state index in [1.54, 1.807) is 0 Å². The van der Waals surface area contributed by atoms with E-state index in [0.29, 0.717) is 17.4 Å². The topological polar surface area (TPSA) is 83.0 Å². The minimum atomic E-state index is 0.0376. The molecule has 1 amide bonds. The van der Waals surface area contributed by atoms with Crippen LogP contribution in [0.1, 0.15) is 108 Å². The summed E-state index contributed by atoms with van der Waals surface area (Å²) in [5.74, 6) is 1.45. The number of carbonyl (C=O) groups excluding carboxylic acids is 1. The first-order valence-electron chi connectivity index (χ1n) is 16.3. The quantitative estimate of drug-likeness (QED) is 0.572. The van der Waals surface area contributed by atoms with E-state index in [0.717, 1.165) is 87.6 Å². The zero-order valence-corrected chi connectivity index (χ0v) is 25.2. The molecule has 0 radical (unpaired) electrons. The van der Waals surface area contributed by atoms with Crippen molar-refractivity contribution in [3.05, 3.63) is 23.5 Å². The number of likely N-dealkylation sites (tertiary alicyclic amines) is 2. The molecule has 2 aromatic heterocycles. The van der Waals surface area contributed by atoms with Crippen LogP contribution in [0.4, 0.5) is 5.82 Å². The molecular weight excluding hydrogens is 498 g/mol. The number of piperidine rings is 1. The van der Waals surface area contributed by atoms with Gasteiger partial charge >= 0.3 is 0 Å². The van der Waals surface area contributed by atoms with Gasteiger partial charge in [-0.1, -0.05) is 39.5 Å². The Labute approximate surface area is 240 Å². The van der Waals surface area contributed by atoms with Crippen molar-refractivity contribution in [3.8, 4) is 0 Å². The molecular formula is C32H51N7O. The molecule has 4 aliphatic rings. The summed E-state index contributed by atoms with van der Waals surface area (Å²) in [6, 6.07) is 2.99. The highest BCUT2D eigenvalue weighted by Crippen LogP contribution is 2.44. The number of aryl methyl sites for hydroxylation is 1. The fourth-order valence-corrected chi connectivity index (χ4v) is 8.50. The van der Waals surface area contributed by atoms with Crippen LogP contribution in [-0.4, -0.2) is 75.1 Å². The minimum Gasteiger partial charge on any atom is -0.355 e. The lowest BCUT2D eigenvalue weighted by Crippen LogP contribution is -2.52. The van der Waals surface area contributed by atoms with Gasteiger partial charge in [-0.05, 0) is 70.3 Å². The molecule has 3 saturated heterocycles. The molecule has 3 aliphatic heterocycles. The lowest BCUT2D eigenvalue weighted by molar-refractivity contribution is -0.141. The molecule has 220 valence electrons. The van der Waals surface area contributed by atoms with Crippen LogP contribution in [0.3, 0.4) is 0 Å². The van der Waals surface area contributed by atoms with Crippen molar-refractivity contribution in [1.82, 2.24) is 24.4 Å². The molecule has 5 unspecified atom stereocenters. The minimum absolute atomic E-state index is 0.0376. The van der Waals surface area contributed by atoms with Crippen molar-refractivity contribution in [1.29, 1.82) is 0 Å². The first kappa shape index (κ1) is 28.0. The molecule has 6 rings (SSSR count). The average molecular weight is 550 g/mol. The molecule has 2 N–H and O–H groups in total. The Morgan fingerprint density at radius 2 is 1.85 bits per heavy atom. The molecule has 0 bridgehead atoms. The van der Waals surface area contributed by atoms with Gasteiger partial charge in [-0.2, -0.15) is 5.10 Å². The standard InChI is InChI=1S/C32H51N7O/c1-4-36-21-24(11-10-16-32(3)15-8-5-6-13-28(32)36)31(40)38-17-9-7-12-27(38)26-19-29-34-30(23(2)20-39(29)35-26)37-18-14-25(33)22-37/h19-20,24-25,27-28H,4-18,21-22,33H2,1-3H3. The summed E-state index contributed by atoms with van der Waals surface area (Å²) >= 11 is 0. The largest absolute Gasteiger partial charge is 0.355 e. The second kappa shape index (κ2) is 11.6. The van der Waals surface area contributed by atoms with Gasteiger partial charge in [0.15, 0.2) is 5.65 Å². The van der Waals surface area contributed by atoms with E-state index in [-0.39, 0.29) is 18.0 Å². The second-order valence-corrected chi connectivity index (χ2v) is 13.6. The number of nitrogens with two attached hydrogens (primary N) is 1. The molecule has 1 aliphatic carbocycles. The number of hydrogen-bond acceptors (Lipinski definition) is 6. The maximum Gasteiger partial charge on any atom is 0.227 e. The van der Waals surface area contributed by atoms with Crippen LogP contribution in [0.5, 0.6) is 0 Å². The number of nitrogens with zero attached hydrogens (tertiary/aromatic N) is 6. The van der Waals surface area contributed by atoms with Gasteiger partial charge < -0.3 is 15.5 Å². The Bertz CT molecular complexity index is 1200. The van der Waals surface area contributed by atoms with E-state index < -0.39 is 0 Å². The smallest absolute Gasteiger partial charge is 0.227 e. The van der Waals surface area contributed by atoms with Crippen molar-refractivity contribution in [2.24, 2.45) is 17.1 Å². The van der Waals surface area contributed by atoms with Crippen LogP contribution in [0.15, 0.2) is 12.3 Å². The van der Waals surface area contributed by atoms with E-state index in [9.17, 15) is 4.79 Å². The van der Waals surface area contributed by atoms with Gasteiger partial charge in [0.25, 0.3) is 0 Å². The number of anilines is 1. The van der Waals surface area contributed by atoms with E-state index in [1.807, 2.05) is 4.52 Å². The SMILES string of the molecule is CCN1CC(C(=O)N2CCCCC2c2cc3nc(N4CCC(N)C4)c(C)cn3n2)CCCC2(C)CCCCCC12. The van der Waals surface area contributed by atoms with E-state index in [1.165, 1.54) is 44.9 Å². The Balaban J connectivity index is 1.23. The van der Waals surface area contributed by atoms with Crippen molar-refractivity contribution < 1.29 is 4.79 Å². The zero-order valence-electron chi connectivity index (χ0n) is 25.2. The lowest BCUT2D eigenvalue weighted by atomic mass is 9.71. The van der Waals surface area contributed by atoms with Crippen LogP contribution >= 0.6 is 0 Å². The average Bonchev–Trinajstić information content (AvgIpc) is 3.51. The van der Waals surface area contributed by atoms with Crippen LogP contribution in [0.25, 0.3) is 5.65 Å². The van der Waals surface area contributed by atoms with Gasteiger partial charge in [-0.3, -0.25) is 9.69 Å². The summed E-state index contributed by atoms with van der Waals surface area (Å²) in [4.78, 5) is 26.5. The molecule has 40 heavy (non-hydrogen) atoms. The van der Waals surface area contributed by atoms with Crippen LogP contribution < -0.4 is 10.6 Å². The van der Waals surface area contributed by atoms with Gasteiger partial charge in [-0.25, -0.2) is 9.50 Å². The molecule has 1 saturated carbocycles. The summed E-state index contributed by atoms with van der Waals surface area (Å²) in [6.07, 6.45) is 16.4. The predicted octanol–water partition coefficient (Wildman–Crippen LogP) is 5.09. The third-order valence-electron chi connectivity index (χ3n) is 10.8. The third kappa shape index (κ3) is 5.38. The summed E-state index contributed by atoms with van der Waals surface area (Å²) in [5, 5.41) is 5.00. The molecule has 8 nitrogen and oxygen atoms in total. The molecule has 0 spiro atoms. The van der Waals surface area contributed by atoms with Crippen LogP contribution in [-0.2, 0) is 4.79 Å². The van der Waals surface area contributed by atoms with Crippen molar-refractivity contribution in [2.75, 3.05) is 37.6 Å². The predicted molar refractivity (Wildman–Crippen MR) is 160 cm³/mol. The number of amides is 1. The fourth-order valence-electron chi connectivity index (χ4n) is 8.50. The van der Waals surface area contributed by atoms with Gasteiger partial charge in [0.1, 0.15) is 5.82 Å². The molecule has 4 fully saturated rings. The van der Waals surface area contributed by atoms with Gasteiger partial charge in [0.2, 0.25) is 5.91 Å². The Hall–Kier alpha value is -2.19. The van der Waals surface area contributed by atoms with Gasteiger partial charge in [0, 0.05) is 56.1 Å². The Morgan fingerprint density at radius 1 is 1.02 bits per heavy atom. The number of aromatic nitrogens is 3. The number of carbonyl (C=O) groups is 1. The summed E-state index contributed by atoms with van der Waals surface area (Å²) < 4.78 is 1.92. The molecule has 8 heteroatoms. The van der Waals surface area contributed by atoms with Gasteiger partial charge in [0.05, 0.1) is 17.7 Å². The maximum atomic E-state index is 14.3. The molecule has 5 heterocycles. The van der Waals surface area contributed by atoms with E-state index in [2.05, 4.69) is 47.7 Å². The molecule has 2 aromatic rings. The highest BCUT2D eigenvalue weighted by molar-refractivity contribution is 5.79. The summed E-state index contributed by atoms with van der Waals surface area (Å²) in [5.41, 5.74) is 9.56. The maximum absolute atomic E-state index is 14.3. The Morgan fingerprint density at radius 3 is 2.65 bits per heavy atom. The first-order chi connectivity index (χ1) is 19.4. The highest BCUT2D eigenvalue weighted by Gasteiger charge is 2.42. The molecule has 0 aromatic carbocycles. The monoisotopic (exact) mass is 549 g/mol. The molecule has 5 atom stereocenters. The van der Waals surface area contributed by atoms with Crippen LogP contribution in [0.2, 0.25) is 0 Å².